The highest BCUT2D eigenvalue weighted by atomic mass is 19.1. The topological polar surface area (TPSA) is 50.8 Å². The Bertz CT molecular complexity index is 867. The third kappa shape index (κ3) is 4.44. The van der Waals surface area contributed by atoms with Gasteiger partial charge in [0.15, 0.2) is 11.5 Å². The zero-order valence-corrected chi connectivity index (χ0v) is 16.8. The van der Waals surface area contributed by atoms with Crippen LogP contribution in [0.25, 0.3) is 0 Å². The third-order valence-electron chi connectivity index (χ3n) is 5.41. The average Bonchev–Trinajstić information content (AvgIpc) is 3.11. The van der Waals surface area contributed by atoms with Gasteiger partial charge in [0.25, 0.3) is 0 Å². The molecule has 0 aliphatic carbocycles. The summed E-state index contributed by atoms with van der Waals surface area (Å²) < 4.78 is 24.1. The number of hydrogen-bond donors (Lipinski definition) is 1. The van der Waals surface area contributed by atoms with Crippen molar-refractivity contribution in [3.05, 3.63) is 58.9 Å². The lowest BCUT2D eigenvalue weighted by molar-refractivity contribution is 0.109. The molecule has 0 radical (unpaired) electrons. The van der Waals surface area contributed by atoms with Gasteiger partial charge in [0.05, 0.1) is 7.11 Å². The second kappa shape index (κ2) is 8.19. The van der Waals surface area contributed by atoms with E-state index in [1.165, 1.54) is 18.7 Å². The number of amides is 1. The molecule has 5 nitrogen and oxygen atoms in total. The summed E-state index contributed by atoms with van der Waals surface area (Å²) in [6, 6.07) is 10.7. The van der Waals surface area contributed by atoms with E-state index in [4.69, 9.17) is 9.47 Å². The SMILES string of the molecule is CNC(=O)Oc1ccc(CCC(C)(C)N2Cc3ccc(F)cc3C2)cc1OC. The van der Waals surface area contributed by atoms with Crippen LogP contribution in [0.3, 0.4) is 0 Å². The Morgan fingerprint density at radius 1 is 1.14 bits per heavy atom. The standard InChI is InChI=1S/C22H27FN2O3/c1-22(2,25-13-16-6-7-18(23)12-17(16)14-25)10-9-15-5-8-19(20(11-15)27-4)28-21(26)24-3/h5-8,11-12H,9-10,13-14H2,1-4H3,(H,24,26). The highest BCUT2D eigenvalue weighted by molar-refractivity contribution is 5.71. The van der Waals surface area contributed by atoms with Gasteiger partial charge in [0, 0.05) is 25.7 Å². The first-order chi connectivity index (χ1) is 13.3. The van der Waals surface area contributed by atoms with E-state index < -0.39 is 6.09 Å². The van der Waals surface area contributed by atoms with E-state index in [1.54, 1.807) is 19.2 Å². The van der Waals surface area contributed by atoms with Crippen molar-refractivity contribution in [3.63, 3.8) is 0 Å². The molecule has 6 heteroatoms. The molecule has 2 aromatic carbocycles. The Labute approximate surface area is 165 Å². The summed E-state index contributed by atoms with van der Waals surface area (Å²) in [5, 5.41) is 2.42. The van der Waals surface area contributed by atoms with Crippen molar-refractivity contribution >= 4 is 6.09 Å². The molecule has 1 amide bonds. The van der Waals surface area contributed by atoms with Gasteiger partial charge in [-0.25, -0.2) is 9.18 Å². The molecule has 1 aliphatic heterocycles. The van der Waals surface area contributed by atoms with Gasteiger partial charge in [-0.1, -0.05) is 12.1 Å². The smallest absolute Gasteiger partial charge is 0.412 e. The van der Waals surface area contributed by atoms with E-state index in [-0.39, 0.29) is 11.4 Å². The predicted molar refractivity (Wildman–Crippen MR) is 106 cm³/mol. The molecular formula is C22H27FN2O3. The first kappa shape index (κ1) is 20.1. The van der Waals surface area contributed by atoms with E-state index in [2.05, 4.69) is 24.1 Å². The Balaban J connectivity index is 1.65. The zero-order chi connectivity index (χ0) is 20.3. The van der Waals surface area contributed by atoms with Crippen molar-refractivity contribution in [1.29, 1.82) is 0 Å². The number of rotatable bonds is 6. The molecule has 0 saturated heterocycles. The predicted octanol–water partition coefficient (Wildman–Crippen LogP) is 4.28. The Kier molecular flexibility index (Phi) is 5.89. The summed E-state index contributed by atoms with van der Waals surface area (Å²) in [7, 11) is 3.07. The first-order valence-electron chi connectivity index (χ1n) is 9.41. The summed E-state index contributed by atoms with van der Waals surface area (Å²) >= 11 is 0. The Hall–Kier alpha value is -2.60. The van der Waals surface area contributed by atoms with Crippen LogP contribution in [-0.4, -0.2) is 30.7 Å². The summed E-state index contributed by atoms with van der Waals surface area (Å²) in [4.78, 5) is 13.8. The van der Waals surface area contributed by atoms with Gasteiger partial charge >= 0.3 is 6.09 Å². The number of benzene rings is 2. The molecule has 1 N–H and O–H groups in total. The second-order valence-electron chi connectivity index (χ2n) is 7.71. The maximum Gasteiger partial charge on any atom is 0.412 e. The molecule has 0 bridgehead atoms. The minimum Gasteiger partial charge on any atom is -0.493 e. The summed E-state index contributed by atoms with van der Waals surface area (Å²) in [5.74, 6) is 0.745. The number of carbonyl (C=O) groups excluding carboxylic acids is 1. The van der Waals surface area contributed by atoms with Crippen LogP contribution in [0.1, 0.15) is 37.0 Å². The maximum absolute atomic E-state index is 13.5. The summed E-state index contributed by atoms with van der Waals surface area (Å²) in [6.45, 7) is 6.04. The molecule has 1 heterocycles. The average molecular weight is 386 g/mol. The lowest BCUT2D eigenvalue weighted by atomic mass is 9.93. The zero-order valence-electron chi connectivity index (χ0n) is 16.8. The normalized spacial score (nSPS) is 13.9. The van der Waals surface area contributed by atoms with Crippen molar-refractivity contribution in [2.45, 2.75) is 45.3 Å². The molecule has 0 spiro atoms. The Morgan fingerprint density at radius 3 is 2.61 bits per heavy atom. The van der Waals surface area contributed by atoms with E-state index in [0.717, 1.165) is 37.1 Å². The molecule has 2 aromatic rings. The molecule has 1 aliphatic rings. The van der Waals surface area contributed by atoms with Gasteiger partial charge in [-0.15, -0.1) is 0 Å². The minimum absolute atomic E-state index is 0.0417. The van der Waals surface area contributed by atoms with Crippen molar-refractivity contribution in [3.8, 4) is 11.5 Å². The second-order valence-corrected chi connectivity index (χ2v) is 7.71. The molecule has 0 atom stereocenters. The van der Waals surface area contributed by atoms with Crippen molar-refractivity contribution < 1.29 is 18.7 Å². The van der Waals surface area contributed by atoms with Gasteiger partial charge in [0.2, 0.25) is 0 Å². The van der Waals surface area contributed by atoms with Crippen LogP contribution in [0, 0.1) is 5.82 Å². The fourth-order valence-corrected chi connectivity index (χ4v) is 3.50. The van der Waals surface area contributed by atoms with Crippen LogP contribution in [0.4, 0.5) is 9.18 Å². The van der Waals surface area contributed by atoms with Gasteiger partial charge in [-0.2, -0.15) is 0 Å². The number of carbonyl (C=O) groups is 1. The van der Waals surface area contributed by atoms with Gasteiger partial charge in [-0.05, 0) is 67.6 Å². The van der Waals surface area contributed by atoms with Crippen LogP contribution in [0.15, 0.2) is 36.4 Å². The number of nitrogens with zero attached hydrogens (tertiary/aromatic N) is 1. The molecule has 0 fully saturated rings. The number of hydrogen-bond acceptors (Lipinski definition) is 4. The van der Waals surface area contributed by atoms with E-state index >= 15 is 0 Å². The van der Waals surface area contributed by atoms with Crippen molar-refractivity contribution in [2.24, 2.45) is 0 Å². The number of methoxy groups -OCH3 is 1. The fourth-order valence-electron chi connectivity index (χ4n) is 3.50. The maximum atomic E-state index is 13.5. The van der Waals surface area contributed by atoms with Gasteiger partial charge < -0.3 is 14.8 Å². The lowest BCUT2D eigenvalue weighted by Gasteiger charge is -2.35. The first-order valence-corrected chi connectivity index (χ1v) is 9.41. The van der Waals surface area contributed by atoms with Gasteiger partial charge in [-0.3, -0.25) is 4.90 Å². The van der Waals surface area contributed by atoms with Crippen LogP contribution >= 0.6 is 0 Å². The van der Waals surface area contributed by atoms with Crippen LogP contribution in [0.5, 0.6) is 11.5 Å². The van der Waals surface area contributed by atoms with E-state index in [9.17, 15) is 9.18 Å². The highest BCUT2D eigenvalue weighted by Gasteiger charge is 2.31. The molecule has 0 aromatic heterocycles. The van der Waals surface area contributed by atoms with Crippen LogP contribution in [0.2, 0.25) is 0 Å². The van der Waals surface area contributed by atoms with E-state index in [1.807, 2.05) is 18.2 Å². The molecule has 3 rings (SSSR count). The quantitative estimate of drug-likeness (QED) is 0.805. The summed E-state index contributed by atoms with van der Waals surface area (Å²) in [6.07, 6.45) is 1.25. The molecule has 0 unspecified atom stereocenters. The lowest BCUT2D eigenvalue weighted by Crippen LogP contribution is -2.40. The van der Waals surface area contributed by atoms with E-state index in [0.29, 0.717) is 11.5 Å². The number of halogens is 1. The summed E-state index contributed by atoms with van der Waals surface area (Å²) in [5.41, 5.74) is 3.34. The number of ether oxygens (including phenoxy) is 2. The number of nitrogens with one attached hydrogen (secondary N) is 1. The molecular weight excluding hydrogens is 359 g/mol. The third-order valence-corrected chi connectivity index (χ3v) is 5.41. The largest absolute Gasteiger partial charge is 0.493 e. The van der Waals surface area contributed by atoms with Crippen molar-refractivity contribution in [1.82, 2.24) is 10.2 Å². The molecule has 150 valence electrons. The van der Waals surface area contributed by atoms with Gasteiger partial charge in [0.1, 0.15) is 5.82 Å². The fraction of sp³-hybridized carbons (Fsp3) is 0.409. The van der Waals surface area contributed by atoms with Crippen LogP contribution < -0.4 is 14.8 Å². The van der Waals surface area contributed by atoms with Crippen molar-refractivity contribution in [2.75, 3.05) is 14.2 Å². The molecule has 0 saturated carbocycles. The minimum atomic E-state index is -0.530. The number of aryl methyl sites for hydroxylation is 1. The monoisotopic (exact) mass is 386 g/mol. The number of fused-ring (bicyclic) bond motifs is 1. The highest BCUT2D eigenvalue weighted by Crippen LogP contribution is 2.34. The van der Waals surface area contributed by atoms with Crippen LogP contribution in [-0.2, 0) is 19.5 Å². The Morgan fingerprint density at radius 2 is 1.89 bits per heavy atom. The molecule has 28 heavy (non-hydrogen) atoms.